The second-order valence-corrected chi connectivity index (χ2v) is 3.52. The summed E-state index contributed by atoms with van der Waals surface area (Å²) < 4.78 is 5.27. The van der Waals surface area contributed by atoms with Gasteiger partial charge in [0.05, 0.1) is 11.6 Å². The van der Waals surface area contributed by atoms with Gasteiger partial charge in [-0.3, -0.25) is 4.98 Å². The highest BCUT2D eigenvalue weighted by Crippen LogP contribution is 2.40. The van der Waals surface area contributed by atoms with Crippen LogP contribution in [0.25, 0.3) is 10.9 Å². The minimum atomic E-state index is -0.282. The van der Waals surface area contributed by atoms with Crippen molar-refractivity contribution in [2.45, 2.75) is 12.2 Å². The summed E-state index contributed by atoms with van der Waals surface area (Å²) >= 11 is 0. The molecule has 3 heteroatoms. The first-order valence-corrected chi connectivity index (χ1v) is 4.79. The average Bonchev–Trinajstić information content (AvgIpc) is 3.07. The fourth-order valence-corrected chi connectivity index (χ4v) is 1.81. The zero-order chi connectivity index (χ0) is 10.3. The number of para-hydroxylation sites is 1. The number of benzene rings is 1. The summed E-state index contributed by atoms with van der Waals surface area (Å²) in [6.45, 7) is 0. The lowest BCUT2D eigenvalue weighted by molar-refractivity contribution is 0.397. The zero-order valence-electron chi connectivity index (χ0n) is 7.92. The van der Waals surface area contributed by atoms with E-state index in [1.807, 2.05) is 30.3 Å². The van der Waals surface area contributed by atoms with Gasteiger partial charge in [0.15, 0.2) is 6.10 Å². The number of aromatic nitrogens is 1. The maximum atomic E-state index is 8.72. The molecule has 72 valence electrons. The summed E-state index contributed by atoms with van der Waals surface area (Å²) in [6.07, 6.45) is 1.41. The monoisotopic (exact) mass is 196 g/mol. The summed E-state index contributed by atoms with van der Waals surface area (Å²) in [5.74, 6) is 0. The van der Waals surface area contributed by atoms with Crippen LogP contribution in [0.15, 0.2) is 36.5 Å². The Morgan fingerprint density at radius 2 is 2.13 bits per heavy atom. The van der Waals surface area contributed by atoms with Crippen LogP contribution in [0.4, 0.5) is 0 Å². The van der Waals surface area contributed by atoms with E-state index in [0.29, 0.717) is 0 Å². The molecule has 0 spiro atoms. The van der Waals surface area contributed by atoms with E-state index in [1.165, 1.54) is 0 Å². The van der Waals surface area contributed by atoms with Gasteiger partial charge in [0.2, 0.25) is 0 Å². The molecule has 1 saturated heterocycles. The van der Waals surface area contributed by atoms with Crippen molar-refractivity contribution in [1.82, 2.24) is 4.98 Å². The van der Waals surface area contributed by atoms with E-state index >= 15 is 0 Å². The van der Waals surface area contributed by atoms with Crippen molar-refractivity contribution >= 4 is 10.9 Å². The van der Waals surface area contributed by atoms with E-state index in [4.69, 9.17) is 10.00 Å². The van der Waals surface area contributed by atoms with Crippen LogP contribution < -0.4 is 0 Å². The van der Waals surface area contributed by atoms with E-state index in [9.17, 15) is 0 Å². The Balaban J connectivity index is 2.16. The van der Waals surface area contributed by atoms with Crippen molar-refractivity contribution < 1.29 is 4.74 Å². The predicted octanol–water partition coefficient (Wildman–Crippen LogP) is 2.20. The molecular formula is C12H8N2O. The minimum absolute atomic E-state index is 0.0668. The van der Waals surface area contributed by atoms with E-state index in [0.717, 1.165) is 16.5 Å². The van der Waals surface area contributed by atoms with Crippen LogP contribution in [0, 0.1) is 11.3 Å². The molecule has 2 atom stereocenters. The third-order valence-corrected chi connectivity index (χ3v) is 2.61. The Morgan fingerprint density at radius 1 is 1.27 bits per heavy atom. The van der Waals surface area contributed by atoms with Crippen molar-refractivity contribution in [3.05, 3.63) is 42.1 Å². The molecule has 1 aromatic heterocycles. The maximum Gasteiger partial charge on any atom is 0.175 e. The standard InChI is InChI=1S/C12H8N2O/c13-7-11-12(15-11)9-5-6-14-10-4-2-1-3-8(9)10/h1-6,11-12H. The molecule has 1 fully saturated rings. The highest BCUT2D eigenvalue weighted by Gasteiger charge is 2.41. The van der Waals surface area contributed by atoms with Gasteiger partial charge in [-0.15, -0.1) is 0 Å². The van der Waals surface area contributed by atoms with E-state index < -0.39 is 0 Å². The summed E-state index contributed by atoms with van der Waals surface area (Å²) in [5, 5.41) is 9.79. The summed E-state index contributed by atoms with van der Waals surface area (Å²) in [6, 6.07) is 11.9. The molecule has 15 heavy (non-hydrogen) atoms. The molecule has 0 N–H and O–H groups in total. The van der Waals surface area contributed by atoms with Crippen LogP contribution in [0.3, 0.4) is 0 Å². The molecule has 0 amide bonds. The van der Waals surface area contributed by atoms with Crippen LogP contribution in [0.5, 0.6) is 0 Å². The van der Waals surface area contributed by atoms with Crippen molar-refractivity contribution in [3.8, 4) is 6.07 Å². The van der Waals surface area contributed by atoms with Gasteiger partial charge in [-0.25, -0.2) is 0 Å². The van der Waals surface area contributed by atoms with E-state index in [-0.39, 0.29) is 12.2 Å². The maximum absolute atomic E-state index is 8.72. The molecule has 0 bridgehead atoms. The average molecular weight is 196 g/mol. The van der Waals surface area contributed by atoms with Gasteiger partial charge in [0.25, 0.3) is 0 Å². The summed E-state index contributed by atoms with van der Waals surface area (Å²) in [5.41, 5.74) is 2.01. The van der Waals surface area contributed by atoms with Gasteiger partial charge >= 0.3 is 0 Å². The second-order valence-electron chi connectivity index (χ2n) is 3.52. The number of hydrogen-bond donors (Lipinski definition) is 0. The first kappa shape index (κ1) is 8.39. The minimum Gasteiger partial charge on any atom is -0.348 e. The Kier molecular flexibility index (Phi) is 1.70. The Morgan fingerprint density at radius 3 is 2.93 bits per heavy atom. The number of ether oxygens (including phenoxy) is 1. The third-order valence-electron chi connectivity index (χ3n) is 2.61. The van der Waals surface area contributed by atoms with Gasteiger partial charge in [-0.05, 0) is 17.7 Å². The number of nitrogens with zero attached hydrogens (tertiary/aromatic N) is 2. The highest BCUT2D eigenvalue weighted by molar-refractivity contribution is 5.82. The molecule has 1 aliphatic heterocycles. The van der Waals surface area contributed by atoms with Crippen LogP contribution in [0.1, 0.15) is 11.7 Å². The largest absolute Gasteiger partial charge is 0.348 e. The second kappa shape index (κ2) is 3.04. The third kappa shape index (κ3) is 1.27. The van der Waals surface area contributed by atoms with Crippen molar-refractivity contribution in [2.24, 2.45) is 0 Å². The van der Waals surface area contributed by atoms with Crippen LogP contribution in [-0.4, -0.2) is 11.1 Å². The molecule has 2 aromatic rings. The smallest absolute Gasteiger partial charge is 0.175 e. The lowest BCUT2D eigenvalue weighted by Crippen LogP contribution is -1.88. The number of hydrogen-bond acceptors (Lipinski definition) is 3. The van der Waals surface area contributed by atoms with Gasteiger partial charge in [0.1, 0.15) is 6.10 Å². The quantitative estimate of drug-likeness (QED) is 0.657. The molecule has 2 heterocycles. The molecule has 3 nitrogen and oxygen atoms in total. The number of fused-ring (bicyclic) bond motifs is 1. The van der Waals surface area contributed by atoms with E-state index in [1.54, 1.807) is 6.20 Å². The van der Waals surface area contributed by atoms with Crippen molar-refractivity contribution in [2.75, 3.05) is 0 Å². The van der Waals surface area contributed by atoms with Crippen LogP contribution in [0.2, 0.25) is 0 Å². The number of rotatable bonds is 1. The first-order valence-electron chi connectivity index (χ1n) is 4.79. The van der Waals surface area contributed by atoms with Crippen molar-refractivity contribution in [3.63, 3.8) is 0 Å². The Bertz CT molecular complexity index is 554. The fourth-order valence-electron chi connectivity index (χ4n) is 1.81. The topological polar surface area (TPSA) is 49.2 Å². The number of pyridine rings is 1. The SMILES string of the molecule is N#CC1OC1c1ccnc2ccccc12. The Labute approximate surface area is 86.9 Å². The molecule has 3 rings (SSSR count). The number of epoxide rings is 1. The lowest BCUT2D eigenvalue weighted by atomic mass is 10.1. The zero-order valence-corrected chi connectivity index (χ0v) is 7.92. The molecule has 0 radical (unpaired) electrons. The summed E-state index contributed by atoms with van der Waals surface area (Å²) in [4.78, 5) is 4.26. The van der Waals surface area contributed by atoms with Crippen LogP contribution in [-0.2, 0) is 4.74 Å². The van der Waals surface area contributed by atoms with Crippen molar-refractivity contribution in [1.29, 1.82) is 5.26 Å². The molecule has 2 unspecified atom stereocenters. The first-order chi connectivity index (χ1) is 7.40. The molecule has 0 saturated carbocycles. The van der Waals surface area contributed by atoms with Gasteiger partial charge < -0.3 is 4.74 Å². The molecule has 0 aliphatic carbocycles. The molecular weight excluding hydrogens is 188 g/mol. The Hall–Kier alpha value is -1.92. The molecule has 1 aliphatic rings. The fraction of sp³-hybridized carbons (Fsp3) is 0.167. The van der Waals surface area contributed by atoms with Gasteiger partial charge in [0, 0.05) is 11.6 Å². The lowest BCUT2D eigenvalue weighted by Gasteiger charge is -2.01. The molecule has 1 aromatic carbocycles. The summed E-state index contributed by atoms with van der Waals surface area (Å²) in [7, 11) is 0. The predicted molar refractivity (Wildman–Crippen MR) is 55.0 cm³/mol. The normalized spacial score (nSPS) is 23.7. The highest BCUT2D eigenvalue weighted by atomic mass is 16.6. The van der Waals surface area contributed by atoms with Gasteiger partial charge in [-0.1, -0.05) is 18.2 Å². The van der Waals surface area contributed by atoms with Gasteiger partial charge in [-0.2, -0.15) is 5.26 Å². The number of nitriles is 1. The van der Waals surface area contributed by atoms with Crippen LogP contribution >= 0.6 is 0 Å². The van der Waals surface area contributed by atoms with E-state index in [2.05, 4.69) is 11.1 Å².